The Bertz CT molecular complexity index is 3000. The lowest BCUT2D eigenvalue weighted by atomic mass is 9.78. The Morgan fingerprint density at radius 3 is 2.32 bits per heavy atom. The summed E-state index contributed by atoms with van der Waals surface area (Å²) in [7, 11) is 1.45. The van der Waals surface area contributed by atoms with Crippen molar-refractivity contribution >= 4 is 45.7 Å². The maximum absolute atomic E-state index is 15.7. The van der Waals surface area contributed by atoms with Gasteiger partial charge in [0.15, 0.2) is 16.9 Å². The van der Waals surface area contributed by atoms with E-state index in [1.165, 1.54) is 53.2 Å². The summed E-state index contributed by atoms with van der Waals surface area (Å²) in [5, 5.41) is 42.1. The topological polar surface area (TPSA) is 228 Å². The highest BCUT2D eigenvalue weighted by Gasteiger charge is 2.51. The molecule has 5 bridgehead atoms. The summed E-state index contributed by atoms with van der Waals surface area (Å²) >= 11 is 0. The first-order valence-corrected chi connectivity index (χ1v) is 25.6. The molecule has 1 saturated carbocycles. The van der Waals surface area contributed by atoms with Gasteiger partial charge in [-0.15, -0.1) is 0 Å². The van der Waals surface area contributed by atoms with Gasteiger partial charge >= 0.3 is 5.97 Å². The number of rotatable bonds is 8. The van der Waals surface area contributed by atoms with E-state index in [0.29, 0.717) is 49.4 Å². The van der Waals surface area contributed by atoms with Gasteiger partial charge in [-0.2, -0.15) is 0 Å². The molecule has 0 spiro atoms. The number of carbonyl (C=O) groups is 4. The fourth-order valence-electron chi connectivity index (χ4n) is 10.6. The molecule has 2 aliphatic carbocycles. The van der Waals surface area contributed by atoms with E-state index in [1.807, 2.05) is 11.1 Å². The summed E-state index contributed by atoms with van der Waals surface area (Å²) in [4.78, 5) is 77.8. The molecule has 1 aromatic heterocycles. The average molecular weight is 1040 g/mol. The number of Topliss-reactive ketones (excluding diaryl/α,β-unsaturated/α-hetero) is 1. The van der Waals surface area contributed by atoms with Gasteiger partial charge in [0.1, 0.15) is 30.0 Å². The van der Waals surface area contributed by atoms with Crippen molar-refractivity contribution in [3.8, 4) is 11.5 Å². The molecule has 75 heavy (non-hydrogen) atoms. The van der Waals surface area contributed by atoms with Gasteiger partial charge in [-0.3, -0.25) is 28.9 Å². The molecule has 9 rings (SSSR count). The quantitative estimate of drug-likeness (QED) is 0.114. The Kier molecular flexibility index (Phi) is 15.9. The van der Waals surface area contributed by atoms with Crippen molar-refractivity contribution in [3.63, 3.8) is 0 Å². The van der Waals surface area contributed by atoms with Crippen LogP contribution in [0.3, 0.4) is 0 Å². The number of carbonyl (C=O) groups excluding carboxylic acids is 4. The maximum Gasteiger partial charge on any atom is 0.302 e. The first kappa shape index (κ1) is 54.6. The number of aliphatic hydroxyl groups excluding tert-OH is 2. The number of ether oxygens (including phenoxy) is 4. The zero-order valence-corrected chi connectivity index (χ0v) is 44.1. The lowest BCUT2D eigenvalue weighted by Crippen LogP contribution is -2.47. The van der Waals surface area contributed by atoms with Crippen LogP contribution in [0.4, 0.5) is 10.1 Å². The zero-order valence-electron chi connectivity index (χ0n) is 44.1. The molecule has 18 nitrogen and oxygen atoms in total. The van der Waals surface area contributed by atoms with Crippen LogP contribution in [-0.2, 0) is 28.6 Å². The van der Waals surface area contributed by atoms with E-state index < -0.39 is 88.9 Å². The summed E-state index contributed by atoms with van der Waals surface area (Å²) < 4.78 is 42.4. The van der Waals surface area contributed by atoms with Gasteiger partial charge in [0.05, 0.1) is 58.2 Å². The minimum Gasteiger partial charge on any atom is -0.507 e. The lowest BCUT2D eigenvalue weighted by molar-refractivity contribution is -0.160. The van der Waals surface area contributed by atoms with Crippen LogP contribution in [0.15, 0.2) is 76.2 Å². The summed E-state index contributed by atoms with van der Waals surface area (Å²) in [5.41, 5.74) is 0.746. The second kappa shape index (κ2) is 21.9. The highest BCUT2D eigenvalue weighted by atomic mass is 19.1. The van der Waals surface area contributed by atoms with Gasteiger partial charge in [0, 0.05) is 118 Å². The number of benzene rings is 2. The second-order valence-corrected chi connectivity index (χ2v) is 20.8. The third-order valence-corrected chi connectivity index (χ3v) is 15.4. The molecule has 1 saturated heterocycles. The number of aliphatic hydroxyl groups is 2. The minimum absolute atomic E-state index is 0.0103. The van der Waals surface area contributed by atoms with Crippen LogP contribution in [0, 0.1) is 43.3 Å². The smallest absolute Gasteiger partial charge is 0.302 e. The molecule has 0 unspecified atom stereocenters. The number of ketones is 2. The van der Waals surface area contributed by atoms with Crippen molar-refractivity contribution in [2.45, 2.75) is 111 Å². The largest absolute Gasteiger partial charge is 0.507 e. The number of nitrogens with zero attached hydrogens (tertiary/aromatic N) is 4. The fraction of sp³-hybridized carbons (Fsp3) is 0.500. The first-order chi connectivity index (χ1) is 35.6. The van der Waals surface area contributed by atoms with Gasteiger partial charge in [-0.25, -0.2) is 4.39 Å². The molecule has 5 heterocycles. The maximum atomic E-state index is 15.7. The number of halogens is 1. The van der Waals surface area contributed by atoms with E-state index in [1.54, 1.807) is 58.9 Å². The second-order valence-electron chi connectivity index (χ2n) is 20.8. The summed E-state index contributed by atoms with van der Waals surface area (Å²) in [6.45, 7) is 17.0. The number of hydrogen-bond acceptors (Lipinski definition) is 16. The van der Waals surface area contributed by atoms with Crippen LogP contribution in [0.5, 0.6) is 11.5 Å². The normalized spacial score (nSPS) is 30.0. The number of amides is 1. The number of oxime groups is 1. The third kappa shape index (κ3) is 10.8. The Hall–Kier alpha value is -6.67. The molecule has 2 fully saturated rings. The van der Waals surface area contributed by atoms with Crippen molar-refractivity contribution < 1.29 is 62.7 Å². The van der Waals surface area contributed by atoms with Crippen molar-refractivity contribution in [3.05, 3.63) is 110 Å². The van der Waals surface area contributed by atoms with Crippen molar-refractivity contribution in [2.75, 3.05) is 51.3 Å². The van der Waals surface area contributed by atoms with E-state index in [2.05, 4.69) is 19.9 Å². The van der Waals surface area contributed by atoms with Crippen molar-refractivity contribution in [1.82, 2.24) is 14.8 Å². The number of nitrogens with one attached hydrogen (secondary N) is 1. The van der Waals surface area contributed by atoms with Gasteiger partial charge in [-0.05, 0) is 51.8 Å². The van der Waals surface area contributed by atoms with Crippen LogP contribution in [-0.4, -0.2) is 131 Å². The van der Waals surface area contributed by atoms with Crippen molar-refractivity contribution in [1.29, 1.82) is 0 Å². The highest BCUT2D eigenvalue weighted by Crippen LogP contribution is 2.48. The summed E-state index contributed by atoms with van der Waals surface area (Å²) in [5.74, 6) is -8.34. The number of aromatic hydroxyl groups is 1. The van der Waals surface area contributed by atoms with Crippen LogP contribution >= 0.6 is 0 Å². The number of aromatic nitrogens is 1. The number of anilines is 1. The standard InChI is InChI=1S/C56H68FN5O13/c1-28-12-11-13-29(2)55(70)58-39-25-42(64)44-45(51(39)69)50(68)34(7)53-46(44)54(56(9,75-53)72-22-16-43(71-10)31(4)52(74-35(8)63)33(6)49(67)32(5)47(28)65)59-73-23-21-60-17-19-61(20-18-60)41-26-40-37(24-38(41)57)48(66)30(3)27-62(40)36-14-15-36/h11-13,16,22,24-28,31-33,36,43,47,49,52,65,67-68H,14-15,17-21,23H2,1-10H3,(H,58,70)/b12-11+,22-16+,29-13-,59-54-/t28-,31+,32+,33+,43-,47-,49+,52+,56-/m0/s1. The molecule has 19 heteroatoms. The van der Waals surface area contributed by atoms with Crippen LogP contribution in [0.2, 0.25) is 0 Å². The van der Waals surface area contributed by atoms with Gasteiger partial charge in [-0.1, -0.05) is 51.1 Å². The first-order valence-electron chi connectivity index (χ1n) is 25.6. The van der Waals surface area contributed by atoms with E-state index in [0.717, 1.165) is 24.4 Å². The number of aryl methyl sites for hydroxylation is 1. The molecule has 2 aromatic carbocycles. The molecule has 1 amide bonds. The van der Waals surface area contributed by atoms with Crippen molar-refractivity contribution in [2.24, 2.45) is 28.8 Å². The molecule has 9 atom stereocenters. The Balaban J connectivity index is 1.09. The van der Waals surface area contributed by atoms with Gasteiger partial charge < -0.3 is 53.9 Å². The van der Waals surface area contributed by atoms with E-state index in [-0.39, 0.29) is 63.1 Å². The predicted molar refractivity (Wildman–Crippen MR) is 277 cm³/mol. The fourth-order valence-corrected chi connectivity index (χ4v) is 10.6. The molecule has 4 N–H and O–H groups in total. The van der Waals surface area contributed by atoms with Crippen LogP contribution in [0.25, 0.3) is 10.9 Å². The summed E-state index contributed by atoms with van der Waals surface area (Å²) in [6.07, 6.45) is 8.43. The number of esters is 1. The molecule has 3 aromatic rings. The minimum atomic E-state index is -1.88. The molecule has 4 aliphatic heterocycles. The number of allylic oxidation sites excluding steroid dienone is 4. The molecular weight excluding hydrogens is 970 g/mol. The Morgan fingerprint density at radius 2 is 1.65 bits per heavy atom. The third-order valence-electron chi connectivity index (χ3n) is 15.4. The number of phenolic OH excluding ortho intramolecular Hbond substituents is 1. The zero-order chi connectivity index (χ0) is 54.4. The van der Waals surface area contributed by atoms with Crippen LogP contribution in [0.1, 0.15) is 105 Å². The van der Waals surface area contributed by atoms with Gasteiger partial charge in [0.25, 0.3) is 11.7 Å². The Morgan fingerprint density at radius 1 is 0.947 bits per heavy atom. The Labute approximate surface area is 435 Å². The SMILES string of the molecule is CO[C@H]1/C=C/O[C@@]2(C)Oc3c(C)c(O)c4c(c3/C2=N/OCCN2CCN(c3cc5c(cc3F)c(=O)c(C)cn5C3CC3)CC2)C(=O)C=C(NC(=O)/C(C)=C\C=C\[C@H](C)[C@H](O)[C@@H](C)[C@@H](O)[C@@H](C)[C@H](OC(C)=O)[C@@H]1C)C4=O. The van der Waals surface area contributed by atoms with E-state index >= 15 is 4.39 Å². The number of hydrogen-bond donors (Lipinski definition) is 4. The lowest BCUT2D eigenvalue weighted by Gasteiger charge is -2.38. The monoisotopic (exact) mass is 1040 g/mol. The number of pyridine rings is 1. The predicted octanol–water partition coefficient (Wildman–Crippen LogP) is 6.09. The molecule has 6 aliphatic rings. The van der Waals surface area contributed by atoms with Crippen LogP contribution < -0.4 is 20.4 Å². The summed E-state index contributed by atoms with van der Waals surface area (Å²) in [6, 6.07) is 3.43. The average Bonchev–Trinajstić information content (AvgIpc) is 4.19. The number of piperazine rings is 1. The van der Waals surface area contributed by atoms with E-state index in [4.69, 9.17) is 23.8 Å². The van der Waals surface area contributed by atoms with E-state index in [9.17, 15) is 39.3 Å². The highest BCUT2D eigenvalue weighted by molar-refractivity contribution is 6.31. The molecular formula is C56H68FN5O13. The molecule has 402 valence electrons. The number of methoxy groups -OCH3 is 1. The van der Waals surface area contributed by atoms with Gasteiger partial charge in [0.2, 0.25) is 5.78 Å². The molecule has 0 radical (unpaired) electrons. The number of phenols is 1. The number of fused-ring (bicyclic) bond motifs is 15.